The van der Waals surface area contributed by atoms with E-state index in [1.807, 2.05) is 12.1 Å². The van der Waals surface area contributed by atoms with Crippen molar-refractivity contribution < 1.29 is 14.7 Å². The monoisotopic (exact) mass is 307 g/mol. The lowest BCUT2D eigenvalue weighted by atomic mass is 10.2. The highest BCUT2D eigenvalue weighted by Crippen LogP contribution is 2.18. The van der Waals surface area contributed by atoms with Crippen molar-refractivity contribution in [2.24, 2.45) is 0 Å². The Balaban J connectivity index is 1.98. The molecule has 0 aliphatic heterocycles. The first kappa shape index (κ1) is 14.5. The topological polar surface area (TPSA) is 84.2 Å². The summed E-state index contributed by atoms with van der Waals surface area (Å²) in [6.07, 6.45) is 0. The van der Waals surface area contributed by atoms with Crippen molar-refractivity contribution in [2.75, 3.05) is 5.32 Å². The van der Waals surface area contributed by atoms with Crippen LogP contribution in [0.15, 0.2) is 66.7 Å². The van der Waals surface area contributed by atoms with E-state index in [1.54, 1.807) is 48.5 Å². The highest BCUT2D eigenvalue weighted by Gasteiger charge is 2.16. The quantitative estimate of drug-likeness (QED) is 0.776. The molecule has 0 unspecified atom stereocenters. The molecule has 0 fully saturated rings. The maximum absolute atomic E-state index is 12.3. The number of carbonyl (C=O) groups excluding carboxylic acids is 1. The first-order chi connectivity index (χ1) is 11.1. The van der Waals surface area contributed by atoms with E-state index in [9.17, 15) is 9.59 Å². The highest BCUT2D eigenvalue weighted by atomic mass is 16.4. The van der Waals surface area contributed by atoms with Gasteiger partial charge >= 0.3 is 5.97 Å². The summed E-state index contributed by atoms with van der Waals surface area (Å²) in [5.41, 5.74) is 0.991. The summed E-state index contributed by atoms with van der Waals surface area (Å²) < 4.78 is 1.39. The maximum atomic E-state index is 12.3. The minimum absolute atomic E-state index is 0.141. The lowest BCUT2D eigenvalue weighted by molar-refractivity contribution is 0.0689. The molecule has 0 radical (unpaired) electrons. The summed E-state index contributed by atoms with van der Waals surface area (Å²) in [7, 11) is 0. The Hall–Kier alpha value is -3.41. The molecular formula is C17H13N3O3. The third-order valence-electron chi connectivity index (χ3n) is 3.21. The van der Waals surface area contributed by atoms with Crippen molar-refractivity contribution >= 4 is 17.7 Å². The van der Waals surface area contributed by atoms with E-state index in [1.165, 1.54) is 10.7 Å². The fourth-order valence-corrected chi connectivity index (χ4v) is 2.12. The molecule has 0 atom stereocenters. The Kier molecular flexibility index (Phi) is 3.88. The van der Waals surface area contributed by atoms with Gasteiger partial charge in [-0.3, -0.25) is 4.79 Å². The molecule has 2 N–H and O–H groups in total. The predicted octanol–water partition coefficient (Wildman–Crippen LogP) is 2.82. The zero-order valence-electron chi connectivity index (χ0n) is 12.0. The molecule has 114 valence electrons. The molecule has 0 aliphatic carbocycles. The molecule has 0 spiro atoms. The van der Waals surface area contributed by atoms with Crippen molar-refractivity contribution in [1.29, 1.82) is 0 Å². The lowest BCUT2D eigenvalue weighted by Gasteiger charge is -2.08. The molecule has 0 bridgehead atoms. The number of carboxylic acid groups (broad SMARTS) is 1. The minimum Gasteiger partial charge on any atom is -0.476 e. The van der Waals surface area contributed by atoms with Crippen LogP contribution in [0.1, 0.15) is 20.8 Å². The highest BCUT2D eigenvalue weighted by molar-refractivity contribution is 6.04. The second-order valence-electron chi connectivity index (χ2n) is 4.79. The summed E-state index contributed by atoms with van der Waals surface area (Å²) in [5.74, 6) is -1.20. The smallest absolute Gasteiger partial charge is 0.356 e. The molecule has 1 amide bonds. The van der Waals surface area contributed by atoms with E-state index in [4.69, 9.17) is 5.11 Å². The zero-order chi connectivity index (χ0) is 16.2. The van der Waals surface area contributed by atoms with Crippen LogP contribution in [-0.2, 0) is 0 Å². The van der Waals surface area contributed by atoms with E-state index in [0.717, 1.165) is 0 Å². The zero-order valence-corrected chi connectivity index (χ0v) is 12.0. The molecule has 6 nitrogen and oxygen atoms in total. The number of aromatic nitrogens is 2. The van der Waals surface area contributed by atoms with Gasteiger partial charge in [0.2, 0.25) is 0 Å². The van der Waals surface area contributed by atoms with Crippen LogP contribution >= 0.6 is 0 Å². The van der Waals surface area contributed by atoms with Crippen molar-refractivity contribution in [3.05, 3.63) is 78.0 Å². The number of amides is 1. The van der Waals surface area contributed by atoms with Gasteiger partial charge in [0.15, 0.2) is 5.69 Å². The van der Waals surface area contributed by atoms with Crippen LogP contribution < -0.4 is 5.32 Å². The van der Waals surface area contributed by atoms with E-state index < -0.39 is 5.97 Å². The molecule has 3 aromatic rings. The van der Waals surface area contributed by atoms with E-state index in [-0.39, 0.29) is 11.6 Å². The number of nitrogens with one attached hydrogen (secondary N) is 1. The molecule has 0 saturated carbocycles. The largest absolute Gasteiger partial charge is 0.476 e. The van der Waals surface area contributed by atoms with Gasteiger partial charge in [0.1, 0.15) is 5.82 Å². The van der Waals surface area contributed by atoms with Gasteiger partial charge in [-0.1, -0.05) is 36.4 Å². The van der Waals surface area contributed by atoms with Crippen LogP contribution in [0.5, 0.6) is 0 Å². The van der Waals surface area contributed by atoms with Crippen LogP contribution in [-0.4, -0.2) is 26.8 Å². The van der Waals surface area contributed by atoms with Crippen molar-refractivity contribution in [3.63, 3.8) is 0 Å². The number of rotatable bonds is 4. The molecule has 1 aromatic heterocycles. The Morgan fingerprint density at radius 2 is 1.57 bits per heavy atom. The molecule has 1 heterocycles. The number of hydrogen-bond acceptors (Lipinski definition) is 3. The average molecular weight is 307 g/mol. The number of anilines is 1. The van der Waals surface area contributed by atoms with E-state index in [2.05, 4.69) is 10.4 Å². The molecule has 2 aromatic carbocycles. The van der Waals surface area contributed by atoms with Gasteiger partial charge < -0.3 is 10.4 Å². The fraction of sp³-hybridized carbons (Fsp3) is 0. The fourth-order valence-electron chi connectivity index (χ4n) is 2.12. The SMILES string of the molecule is O=C(Nc1cc(C(=O)O)nn1-c1ccccc1)c1ccccc1. The summed E-state index contributed by atoms with van der Waals surface area (Å²) in [4.78, 5) is 23.4. The molecule has 3 rings (SSSR count). The third-order valence-corrected chi connectivity index (χ3v) is 3.21. The van der Waals surface area contributed by atoms with Gasteiger partial charge in [0.05, 0.1) is 5.69 Å². The minimum atomic E-state index is -1.16. The van der Waals surface area contributed by atoms with Crippen molar-refractivity contribution in [3.8, 4) is 5.69 Å². The normalized spacial score (nSPS) is 10.3. The standard InChI is InChI=1S/C17H13N3O3/c21-16(12-7-3-1-4-8-12)18-15-11-14(17(22)23)19-20(15)13-9-5-2-6-10-13/h1-11H,(H,18,21)(H,22,23). The van der Waals surface area contributed by atoms with Gasteiger partial charge in [-0.15, -0.1) is 0 Å². The first-order valence-electron chi connectivity index (χ1n) is 6.90. The Bertz CT molecular complexity index is 842. The second kappa shape index (κ2) is 6.15. The first-order valence-corrected chi connectivity index (χ1v) is 6.90. The van der Waals surface area contributed by atoms with Crippen LogP contribution in [0, 0.1) is 0 Å². The Morgan fingerprint density at radius 3 is 2.17 bits per heavy atom. The number of hydrogen-bond donors (Lipinski definition) is 2. The van der Waals surface area contributed by atoms with Crippen molar-refractivity contribution in [2.45, 2.75) is 0 Å². The average Bonchev–Trinajstić information content (AvgIpc) is 3.00. The second-order valence-corrected chi connectivity index (χ2v) is 4.79. The molecule has 0 aliphatic rings. The number of carboxylic acids is 1. The molecule has 23 heavy (non-hydrogen) atoms. The number of benzene rings is 2. The van der Waals surface area contributed by atoms with Gasteiger partial charge in [0.25, 0.3) is 5.91 Å². The summed E-state index contributed by atoms with van der Waals surface area (Å²) >= 11 is 0. The Morgan fingerprint density at radius 1 is 0.957 bits per heavy atom. The van der Waals surface area contributed by atoms with Gasteiger partial charge in [0, 0.05) is 11.6 Å². The van der Waals surface area contributed by atoms with E-state index in [0.29, 0.717) is 17.1 Å². The number of carbonyl (C=O) groups is 2. The molecule has 0 saturated heterocycles. The summed E-state index contributed by atoms with van der Waals surface area (Å²) in [6, 6.07) is 19.0. The Labute approximate surface area is 132 Å². The summed E-state index contributed by atoms with van der Waals surface area (Å²) in [6.45, 7) is 0. The lowest BCUT2D eigenvalue weighted by Crippen LogP contribution is -2.15. The number of para-hydroxylation sites is 1. The van der Waals surface area contributed by atoms with Crippen LogP contribution in [0.4, 0.5) is 5.82 Å². The number of nitrogens with zero attached hydrogens (tertiary/aromatic N) is 2. The van der Waals surface area contributed by atoms with Crippen LogP contribution in [0.3, 0.4) is 0 Å². The van der Waals surface area contributed by atoms with Gasteiger partial charge in [-0.2, -0.15) is 5.10 Å². The third kappa shape index (κ3) is 3.11. The predicted molar refractivity (Wildman–Crippen MR) is 84.9 cm³/mol. The summed E-state index contributed by atoms with van der Waals surface area (Å²) in [5, 5.41) is 15.9. The van der Waals surface area contributed by atoms with Crippen molar-refractivity contribution in [1.82, 2.24) is 9.78 Å². The van der Waals surface area contributed by atoms with Crippen LogP contribution in [0.25, 0.3) is 5.69 Å². The number of aromatic carboxylic acids is 1. The van der Waals surface area contributed by atoms with Crippen LogP contribution in [0.2, 0.25) is 0 Å². The van der Waals surface area contributed by atoms with E-state index >= 15 is 0 Å². The molecule has 6 heteroatoms. The van der Waals surface area contributed by atoms with Gasteiger partial charge in [-0.05, 0) is 24.3 Å². The maximum Gasteiger partial charge on any atom is 0.356 e. The van der Waals surface area contributed by atoms with Gasteiger partial charge in [-0.25, -0.2) is 9.48 Å². The molecular weight excluding hydrogens is 294 g/mol.